The van der Waals surface area contributed by atoms with Gasteiger partial charge in [-0.25, -0.2) is 0 Å². The minimum Gasteiger partial charge on any atom is -0.496 e. The van der Waals surface area contributed by atoms with Crippen molar-refractivity contribution in [2.75, 3.05) is 7.11 Å². The number of hydrogen-bond donors (Lipinski definition) is 0. The Hall–Kier alpha value is -0.150. The Morgan fingerprint density at radius 2 is 2.14 bits per heavy atom. The van der Waals surface area contributed by atoms with E-state index < -0.39 is 0 Å². The first kappa shape index (κ1) is 11.9. The van der Waals surface area contributed by atoms with E-state index >= 15 is 0 Å². The predicted octanol–water partition coefficient (Wildman–Crippen LogP) is 4.10. The van der Waals surface area contributed by atoms with Crippen LogP contribution in [0.4, 0.5) is 0 Å². The lowest BCUT2D eigenvalue weighted by Crippen LogP contribution is -1.93. The molecule has 14 heavy (non-hydrogen) atoms. The zero-order valence-electron chi connectivity index (χ0n) is 8.71. The second-order valence-corrected chi connectivity index (χ2v) is 5.80. The van der Waals surface area contributed by atoms with E-state index in [2.05, 4.69) is 41.9 Å². The van der Waals surface area contributed by atoms with Crippen LogP contribution in [-0.2, 0) is 5.75 Å². The molecule has 0 aliphatic heterocycles. The number of halogens is 1. The van der Waals surface area contributed by atoms with Gasteiger partial charge in [0.2, 0.25) is 0 Å². The first-order valence-corrected chi connectivity index (χ1v) is 6.41. The molecule has 0 bridgehead atoms. The highest BCUT2D eigenvalue weighted by Crippen LogP contribution is 2.28. The lowest BCUT2D eigenvalue weighted by molar-refractivity contribution is 0.411. The Morgan fingerprint density at radius 3 is 2.71 bits per heavy atom. The fourth-order valence-electron chi connectivity index (χ4n) is 1.09. The third kappa shape index (κ3) is 3.54. The van der Waals surface area contributed by atoms with E-state index in [4.69, 9.17) is 4.74 Å². The maximum Gasteiger partial charge on any atom is 0.124 e. The Balaban J connectivity index is 2.75. The van der Waals surface area contributed by atoms with E-state index in [9.17, 15) is 0 Å². The normalized spacial score (nSPS) is 10.6. The summed E-state index contributed by atoms with van der Waals surface area (Å²) in [6.45, 7) is 4.41. The van der Waals surface area contributed by atoms with Crippen molar-refractivity contribution < 1.29 is 4.74 Å². The molecule has 0 fully saturated rings. The second kappa shape index (κ2) is 5.66. The Morgan fingerprint density at radius 1 is 1.43 bits per heavy atom. The minimum absolute atomic E-state index is 0.656. The average Bonchev–Trinajstić information content (AvgIpc) is 2.15. The lowest BCUT2D eigenvalue weighted by Gasteiger charge is -2.10. The number of thioether (sulfide) groups is 1. The summed E-state index contributed by atoms with van der Waals surface area (Å²) >= 11 is 5.35. The van der Waals surface area contributed by atoms with Gasteiger partial charge >= 0.3 is 0 Å². The van der Waals surface area contributed by atoms with E-state index in [0.29, 0.717) is 5.25 Å². The van der Waals surface area contributed by atoms with Crippen LogP contribution in [0.15, 0.2) is 22.7 Å². The molecular formula is C11H15BrOS. The highest BCUT2D eigenvalue weighted by molar-refractivity contribution is 9.10. The van der Waals surface area contributed by atoms with Crippen molar-refractivity contribution in [3.63, 3.8) is 0 Å². The number of ether oxygens (including phenoxy) is 1. The summed E-state index contributed by atoms with van der Waals surface area (Å²) in [5, 5.41) is 0.656. The van der Waals surface area contributed by atoms with Crippen molar-refractivity contribution in [2.45, 2.75) is 24.9 Å². The smallest absolute Gasteiger partial charge is 0.124 e. The standard InChI is InChI=1S/C11H15BrOS/c1-8(2)14-7-9-4-5-10(12)6-11(9)13-3/h4-6,8H,7H2,1-3H3. The van der Waals surface area contributed by atoms with Crippen LogP contribution in [0.5, 0.6) is 5.75 Å². The molecule has 0 heterocycles. The van der Waals surface area contributed by atoms with Gasteiger partial charge in [-0.1, -0.05) is 35.8 Å². The fraction of sp³-hybridized carbons (Fsp3) is 0.455. The maximum atomic E-state index is 5.32. The largest absolute Gasteiger partial charge is 0.496 e. The molecular weight excluding hydrogens is 260 g/mol. The fourth-order valence-corrected chi connectivity index (χ4v) is 2.19. The number of rotatable bonds is 4. The molecule has 0 aliphatic rings. The van der Waals surface area contributed by atoms with E-state index in [-0.39, 0.29) is 0 Å². The third-order valence-corrected chi connectivity index (χ3v) is 3.46. The molecule has 1 aromatic carbocycles. The van der Waals surface area contributed by atoms with Crippen LogP contribution < -0.4 is 4.74 Å². The van der Waals surface area contributed by atoms with Crippen molar-refractivity contribution in [3.8, 4) is 5.75 Å². The van der Waals surface area contributed by atoms with E-state index in [0.717, 1.165) is 16.0 Å². The van der Waals surface area contributed by atoms with Gasteiger partial charge in [-0.05, 0) is 17.4 Å². The predicted molar refractivity (Wildman–Crippen MR) is 67.1 cm³/mol. The molecule has 0 aliphatic carbocycles. The minimum atomic E-state index is 0.656. The van der Waals surface area contributed by atoms with Crippen LogP contribution >= 0.6 is 27.7 Å². The van der Waals surface area contributed by atoms with Crippen molar-refractivity contribution in [1.29, 1.82) is 0 Å². The zero-order chi connectivity index (χ0) is 10.6. The molecule has 0 unspecified atom stereocenters. The molecule has 78 valence electrons. The van der Waals surface area contributed by atoms with Gasteiger partial charge in [0.05, 0.1) is 7.11 Å². The number of hydrogen-bond acceptors (Lipinski definition) is 2. The first-order valence-electron chi connectivity index (χ1n) is 4.57. The first-order chi connectivity index (χ1) is 6.63. The van der Waals surface area contributed by atoms with Crippen LogP contribution in [-0.4, -0.2) is 12.4 Å². The highest BCUT2D eigenvalue weighted by atomic mass is 79.9. The van der Waals surface area contributed by atoms with Crippen molar-refractivity contribution in [2.24, 2.45) is 0 Å². The van der Waals surface area contributed by atoms with Gasteiger partial charge in [0.15, 0.2) is 0 Å². The molecule has 1 aromatic rings. The second-order valence-electron chi connectivity index (χ2n) is 3.32. The van der Waals surface area contributed by atoms with Crippen LogP contribution in [0.3, 0.4) is 0 Å². The van der Waals surface area contributed by atoms with E-state index in [1.165, 1.54) is 5.56 Å². The van der Waals surface area contributed by atoms with E-state index in [1.54, 1.807) is 7.11 Å². The van der Waals surface area contributed by atoms with E-state index in [1.807, 2.05) is 17.8 Å². The van der Waals surface area contributed by atoms with Gasteiger partial charge in [-0.15, -0.1) is 0 Å². The summed E-state index contributed by atoms with van der Waals surface area (Å²) in [5.41, 5.74) is 1.26. The summed E-state index contributed by atoms with van der Waals surface area (Å²) in [6.07, 6.45) is 0. The molecule has 3 heteroatoms. The van der Waals surface area contributed by atoms with Crippen LogP contribution in [0.25, 0.3) is 0 Å². The third-order valence-electron chi connectivity index (χ3n) is 1.82. The van der Waals surface area contributed by atoms with Crippen LogP contribution in [0.1, 0.15) is 19.4 Å². The average molecular weight is 275 g/mol. The molecule has 0 atom stereocenters. The summed E-state index contributed by atoms with van der Waals surface area (Å²) in [4.78, 5) is 0. The van der Waals surface area contributed by atoms with Gasteiger partial charge in [0.25, 0.3) is 0 Å². The molecule has 0 saturated heterocycles. The molecule has 0 amide bonds. The summed E-state index contributed by atoms with van der Waals surface area (Å²) in [5.74, 6) is 1.97. The molecule has 0 spiro atoms. The Labute approximate surface area is 98.4 Å². The van der Waals surface area contributed by atoms with Gasteiger partial charge in [-0.3, -0.25) is 0 Å². The number of methoxy groups -OCH3 is 1. The van der Waals surface area contributed by atoms with Crippen LogP contribution in [0, 0.1) is 0 Å². The van der Waals surface area contributed by atoms with Crippen molar-refractivity contribution in [3.05, 3.63) is 28.2 Å². The van der Waals surface area contributed by atoms with Gasteiger partial charge in [0, 0.05) is 15.8 Å². The summed E-state index contributed by atoms with van der Waals surface area (Å²) in [6, 6.07) is 6.17. The summed E-state index contributed by atoms with van der Waals surface area (Å²) < 4.78 is 6.38. The van der Waals surface area contributed by atoms with Crippen LogP contribution in [0.2, 0.25) is 0 Å². The highest BCUT2D eigenvalue weighted by Gasteiger charge is 2.04. The molecule has 0 radical (unpaired) electrons. The lowest BCUT2D eigenvalue weighted by atomic mass is 10.2. The monoisotopic (exact) mass is 274 g/mol. The SMILES string of the molecule is COc1cc(Br)ccc1CSC(C)C. The van der Waals surface area contributed by atoms with Gasteiger partial charge in [-0.2, -0.15) is 11.8 Å². The van der Waals surface area contributed by atoms with Gasteiger partial charge < -0.3 is 4.74 Å². The molecule has 0 saturated carbocycles. The maximum absolute atomic E-state index is 5.32. The van der Waals surface area contributed by atoms with Crippen molar-refractivity contribution in [1.82, 2.24) is 0 Å². The van der Waals surface area contributed by atoms with Gasteiger partial charge in [0.1, 0.15) is 5.75 Å². The Bertz CT molecular complexity index is 299. The summed E-state index contributed by atoms with van der Waals surface area (Å²) in [7, 11) is 1.71. The Kier molecular flexibility index (Phi) is 4.82. The molecule has 1 nitrogen and oxygen atoms in total. The topological polar surface area (TPSA) is 9.23 Å². The molecule has 1 rings (SSSR count). The molecule has 0 aromatic heterocycles. The quantitative estimate of drug-likeness (QED) is 0.818. The zero-order valence-corrected chi connectivity index (χ0v) is 11.1. The van der Waals surface area contributed by atoms with Crippen molar-refractivity contribution >= 4 is 27.7 Å². The number of benzene rings is 1. The molecule has 0 N–H and O–H groups in total.